The highest BCUT2D eigenvalue weighted by Crippen LogP contribution is 2.61. The van der Waals surface area contributed by atoms with Crippen LogP contribution in [0.5, 0.6) is 0 Å². The summed E-state index contributed by atoms with van der Waals surface area (Å²) in [5.74, 6) is -0.547. The summed E-state index contributed by atoms with van der Waals surface area (Å²) >= 11 is 3.55. The molecule has 3 aromatic carbocycles. The van der Waals surface area contributed by atoms with Gasteiger partial charge in [-0.05, 0) is 68.2 Å². The Hall–Kier alpha value is -2.72. The van der Waals surface area contributed by atoms with Crippen LogP contribution in [0.25, 0.3) is 0 Å². The summed E-state index contributed by atoms with van der Waals surface area (Å²) < 4.78 is 0.766. The van der Waals surface area contributed by atoms with Crippen molar-refractivity contribution in [1.82, 2.24) is 0 Å². The van der Waals surface area contributed by atoms with Gasteiger partial charge in [0.2, 0.25) is 11.8 Å². The first-order chi connectivity index (χ1) is 15.5. The molecule has 1 aliphatic heterocycles. The number of imide groups is 1. The number of carbonyl (C=O) groups excluding carboxylic acids is 2. The average Bonchev–Trinajstić information content (AvgIpc) is 3.09. The van der Waals surface area contributed by atoms with Gasteiger partial charge in [-0.3, -0.25) is 9.59 Å². The largest absolute Gasteiger partial charge is 0.274 e. The van der Waals surface area contributed by atoms with Crippen molar-refractivity contribution in [2.45, 2.75) is 38.0 Å². The molecule has 1 saturated heterocycles. The fourth-order valence-corrected chi connectivity index (χ4v) is 6.62. The zero-order valence-corrected chi connectivity index (χ0v) is 19.7. The lowest BCUT2D eigenvalue weighted by molar-refractivity contribution is -0.122. The van der Waals surface area contributed by atoms with Crippen LogP contribution in [0.15, 0.2) is 71.2 Å². The zero-order chi connectivity index (χ0) is 22.1. The average molecular weight is 486 g/mol. The molecule has 7 rings (SSSR count). The Kier molecular flexibility index (Phi) is 4.45. The van der Waals surface area contributed by atoms with E-state index in [2.05, 4.69) is 72.2 Å². The van der Waals surface area contributed by atoms with Gasteiger partial charge in [-0.15, -0.1) is 0 Å². The van der Waals surface area contributed by atoms with Gasteiger partial charge in [-0.1, -0.05) is 68.4 Å². The van der Waals surface area contributed by atoms with E-state index in [1.54, 1.807) is 0 Å². The van der Waals surface area contributed by atoms with Crippen molar-refractivity contribution in [3.8, 4) is 0 Å². The number of hydrogen-bond acceptors (Lipinski definition) is 2. The van der Waals surface area contributed by atoms with Gasteiger partial charge in [-0.2, -0.15) is 0 Å². The van der Waals surface area contributed by atoms with Gasteiger partial charge in [0.05, 0.1) is 17.5 Å². The predicted octanol–water partition coefficient (Wildman–Crippen LogP) is 6.36. The molecule has 5 atom stereocenters. The molecular formula is C28H24BrNO2. The van der Waals surface area contributed by atoms with Crippen LogP contribution in [0.4, 0.5) is 5.69 Å². The highest BCUT2D eigenvalue weighted by Gasteiger charge is 2.62. The number of halogens is 1. The Bertz CT molecular complexity index is 1280. The molecule has 160 valence electrons. The van der Waals surface area contributed by atoms with Crippen molar-refractivity contribution in [3.63, 3.8) is 0 Å². The number of rotatable bonds is 3. The van der Waals surface area contributed by atoms with Crippen molar-refractivity contribution in [3.05, 3.63) is 99.0 Å². The molecule has 3 aromatic rings. The van der Waals surface area contributed by atoms with Crippen LogP contribution in [-0.4, -0.2) is 11.8 Å². The van der Waals surface area contributed by atoms with Crippen LogP contribution in [-0.2, 0) is 9.59 Å². The second-order valence-corrected chi connectivity index (χ2v) is 10.2. The summed E-state index contributed by atoms with van der Waals surface area (Å²) in [6.45, 7) is 4.45. The van der Waals surface area contributed by atoms with Crippen molar-refractivity contribution < 1.29 is 9.59 Å². The Labute approximate surface area is 196 Å². The Morgan fingerprint density at radius 3 is 2.00 bits per heavy atom. The van der Waals surface area contributed by atoms with Crippen LogP contribution in [0.3, 0.4) is 0 Å². The molecule has 1 fully saturated rings. The number of nitrogens with zero attached hydrogens (tertiary/aromatic N) is 1. The summed E-state index contributed by atoms with van der Waals surface area (Å²) in [5.41, 5.74) is 6.83. The highest BCUT2D eigenvalue weighted by molar-refractivity contribution is 9.10. The molecule has 0 aromatic heterocycles. The quantitative estimate of drug-likeness (QED) is 0.404. The van der Waals surface area contributed by atoms with Gasteiger partial charge in [0, 0.05) is 16.3 Å². The van der Waals surface area contributed by atoms with E-state index in [9.17, 15) is 9.59 Å². The third kappa shape index (κ3) is 2.53. The maximum atomic E-state index is 13.9. The van der Waals surface area contributed by atoms with Gasteiger partial charge < -0.3 is 0 Å². The van der Waals surface area contributed by atoms with E-state index in [0.29, 0.717) is 11.6 Å². The standard InChI is InChI=1S/C28H24BrNO2/c1-3-15(2)16-12-13-19-20(14-16)24-18-9-5-4-8-17(18)23(19)25-26(24)28(32)30(27(25)31)22-11-7-6-10-21(22)29/h4-15,23-26H,3H2,1-2H3. The van der Waals surface area contributed by atoms with Crippen LogP contribution >= 0.6 is 15.9 Å². The van der Waals surface area contributed by atoms with Crippen LogP contribution < -0.4 is 4.90 Å². The number of hydrogen-bond donors (Lipinski definition) is 0. The number of anilines is 1. The molecule has 3 aliphatic carbocycles. The molecule has 1 heterocycles. The van der Waals surface area contributed by atoms with Gasteiger partial charge in [0.15, 0.2) is 0 Å². The molecule has 0 saturated carbocycles. The minimum atomic E-state index is -0.353. The summed E-state index contributed by atoms with van der Waals surface area (Å²) in [5, 5.41) is 0. The summed E-state index contributed by atoms with van der Waals surface area (Å²) in [4.78, 5) is 29.1. The number of benzene rings is 3. The van der Waals surface area contributed by atoms with E-state index in [-0.39, 0.29) is 35.5 Å². The number of para-hydroxylation sites is 1. The molecule has 0 N–H and O–H groups in total. The van der Waals surface area contributed by atoms with Gasteiger partial charge in [0.25, 0.3) is 0 Å². The molecule has 5 unspecified atom stereocenters. The third-order valence-electron chi connectivity index (χ3n) is 7.84. The molecule has 0 spiro atoms. The first-order valence-corrected chi connectivity index (χ1v) is 12.2. The molecule has 2 amide bonds. The molecular weight excluding hydrogens is 462 g/mol. The minimum absolute atomic E-state index is 0.0732. The van der Waals surface area contributed by atoms with Crippen LogP contribution in [0.2, 0.25) is 0 Å². The monoisotopic (exact) mass is 485 g/mol. The van der Waals surface area contributed by atoms with E-state index >= 15 is 0 Å². The van der Waals surface area contributed by atoms with Crippen molar-refractivity contribution in [2.75, 3.05) is 4.90 Å². The Morgan fingerprint density at radius 2 is 1.38 bits per heavy atom. The molecule has 4 aliphatic rings. The molecule has 4 heteroatoms. The lowest BCUT2D eigenvalue weighted by atomic mass is 9.54. The maximum Gasteiger partial charge on any atom is 0.238 e. The summed E-state index contributed by atoms with van der Waals surface area (Å²) in [6, 6.07) is 22.7. The third-order valence-corrected chi connectivity index (χ3v) is 8.51. The second-order valence-electron chi connectivity index (χ2n) is 9.30. The topological polar surface area (TPSA) is 37.4 Å². The van der Waals surface area contributed by atoms with Crippen LogP contribution in [0, 0.1) is 11.8 Å². The van der Waals surface area contributed by atoms with E-state index in [0.717, 1.165) is 10.9 Å². The first kappa shape index (κ1) is 19.9. The summed E-state index contributed by atoms with van der Waals surface area (Å²) in [6.07, 6.45) is 1.07. The lowest BCUT2D eigenvalue weighted by Crippen LogP contribution is -2.41. The number of carbonyl (C=O) groups is 2. The lowest BCUT2D eigenvalue weighted by Gasteiger charge is -2.46. The van der Waals surface area contributed by atoms with Crippen molar-refractivity contribution in [2.24, 2.45) is 11.8 Å². The van der Waals surface area contributed by atoms with Gasteiger partial charge in [0.1, 0.15) is 0 Å². The SMILES string of the molecule is CCC(C)c1ccc2c(c1)C1c3ccccc3C2C2C(=O)N(c3ccccc3Br)C(=O)C12. The number of amides is 2. The fourth-order valence-electron chi connectivity index (χ4n) is 6.16. The predicted molar refractivity (Wildman–Crippen MR) is 129 cm³/mol. The van der Waals surface area contributed by atoms with E-state index < -0.39 is 0 Å². The van der Waals surface area contributed by atoms with Gasteiger partial charge >= 0.3 is 0 Å². The van der Waals surface area contributed by atoms with Gasteiger partial charge in [-0.25, -0.2) is 4.90 Å². The Balaban J connectivity index is 1.56. The molecule has 3 nitrogen and oxygen atoms in total. The normalized spacial score (nSPS) is 26.0. The smallest absolute Gasteiger partial charge is 0.238 e. The zero-order valence-electron chi connectivity index (χ0n) is 18.1. The van der Waals surface area contributed by atoms with Crippen molar-refractivity contribution in [1.29, 1.82) is 0 Å². The minimum Gasteiger partial charge on any atom is -0.274 e. The first-order valence-electron chi connectivity index (χ1n) is 11.4. The maximum absolute atomic E-state index is 13.9. The van der Waals surface area contributed by atoms with Crippen molar-refractivity contribution >= 4 is 33.4 Å². The van der Waals surface area contributed by atoms with Crippen LogP contribution in [0.1, 0.15) is 65.8 Å². The summed E-state index contributed by atoms with van der Waals surface area (Å²) in [7, 11) is 0. The Morgan fingerprint density at radius 1 is 0.812 bits per heavy atom. The molecule has 32 heavy (non-hydrogen) atoms. The van der Waals surface area contributed by atoms with E-state index in [4.69, 9.17) is 0 Å². The van der Waals surface area contributed by atoms with E-state index in [1.807, 2.05) is 24.3 Å². The van der Waals surface area contributed by atoms with E-state index in [1.165, 1.54) is 32.7 Å². The second kappa shape index (κ2) is 7.14. The fraction of sp³-hybridized carbons (Fsp3) is 0.286. The molecule has 2 bridgehead atoms. The highest BCUT2D eigenvalue weighted by atomic mass is 79.9. The molecule has 0 radical (unpaired) electrons.